The molecule has 0 bridgehead atoms. The van der Waals surface area contributed by atoms with Gasteiger partial charge in [0.05, 0.1) is 0 Å². The van der Waals surface area contributed by atoms with Crippen molar-refractivity contribution in [3.63, 3.8) is 0 Å². The molecule has 2 N–H and O–H groups in total. The first-order valence-corrected chi connectivity index (χ1v) is 6.62. The highest BCUT2D eigenvalue weighted by molar-refractivity contribution is 14.1. The zero-order valence-corrected chi connectivity index (χ0v) is 9.98. The maximum atomic E-state index is 5.67. The molecule has 1 aliphatic carbocycles. The van der Waals surface area contributed by atoms with Gasteiger partial charge in [-0.1, -0.05) is 41.9 Å². The molecule has 1 rings (SSSR count). The number of halogens is 1. The van der Waals surface area contributed by atoms with Crippen molar-refractivity contribution < 1.29 is 0 Å². The van der Waals surface area contributed by atoms with E-state index in [1.165, 1.54) is 49.4 Å². The molecule has 1 nitrogen and oxygen atoms in total. The summed E-state index contributed by atoms with van der Waals surface area (Å²) in [7, 11) is 0. The van der Waals surface area contributed by atoms with Gasteiger partial charge in [0.15, 0.2) is 0 Å². The van der Waals surface area contributed by atoms with Gasteiger partial charge in [0, 0.05) is 4.43 Å². The minimum atomic E-state index is 0.647. The summed E-state index contributed by atoms with van der Waals surface area (Å²) in [4.78, 5) is 0. The van der Waals surface area contributed by atoms with Crippen molar-refractivity contribution in [3.05, 3.63) is 0 Å². The van der Waals surface area contributed by atoms with Gasteiger partial charge in [-0.25, -0.2) is 0 Å². The Labute approximate surface area is 89.6 Å². The van der Waals surface area contributed by atoms with Gasteiger partial charge in [-0.15, -0.1) is 0 Å². The van der Waals surface area contributed by atoms with E-state index in [1.807, 2.05) is 0 Å². The van der Waals surface area contributed by atoms with E-state index in [0.29, 0.717) is 5.41 Å². The molecule has 1 saturated carbocycles. The first-order valence-electron chi connectivity index (χ1n) is 5.09. The lowest BCUT2D eigenvalue weighted by atomic mass is 9.70. The molecule has 2 heteroatoms. The van der Waals surface area contributed by atoms with Gasteiger partial charge in [-0.2, -0.15) is 0 Å². The van der Waals surface area contributed by atoms with Gasteiger partial charge in [-0.05, 0) is 37.6 Å². The average molecular weight is 281 g/mol. The van der Waals surface area contributed by atoms with Gasteiger partial charge >= 0.3 is 0 Å². The fourth-order valence-electron chi connectivity index (χ4n) is 2.43. The van der Waals surface area contributed by atoms with Gasteiger partial charge in [0.25, 0.3) is 0 Å². The second-order valence-electron chi connectivity index (χ2n) is 4.04. The van der Waals surface area contributed by atoms with E-state index in [1.54, 1.807) is 0 Å². The third-order valence-corrected chi connectivity index (χ3v) is 3.75. The number of rotatable bonds is 4. The van der Waals surface area contributed by atoms with Crippen molar-refractivity contribution in [1.82, 2.24) is 0 Å². The second kappa shape index (κ2) is 5.43. The van der Waals surface area contributed by atoms with E-state index in [2.05, 4.69) is 22.6 Å². The van der Waals surface area contributed by atoms with Crippen LogP contribution in [0.5, 0.6) is 0 Å². The molecule has 0 aliphatic heterocycles. The normalized spacial score (nSPS) is 22.5. The predicted molar refractivity (Wildman–Crippen MR) is 62.7 cm³/mol. The molecule has 0 unspecified atom stereocenters. The van der Waals surface area contributed by atoms with E-state index >= 15 is 0 Å². The van der Waals surface area contributed by atoms with E-state index in [9.17, 15) is 0 Å². The quantitative estimate of drug-likeness (QED) is 0.622. The summed E-state index contributed by atoms with van der Waals surface area (Å²) in [5.41, 5.74) is 6.32. The monoisotopic (exact) mass is 281 g/mol. The molecule has 0 aromatic rings. The largest absolute Gasteiger partial charge is 0.330 e. The van der Waals surface area contributed by atoms with E-state index in [0.717, 1.165) is 6.54 Å². The Hall–Kier alpha value is 0.690. The first-order chi connectivity index (χ1) is 5.83. The van der Waals surface area contributed by atoms with Crippen LogP contribution < -0.4 is 5.73 Å². The van der Waals surface area contributed by atoms with Gasteiger partial charge in [-0.3, -0.25) is 0 Å². The molecule has 12 heavy (non-hydrogen) atoms. The van der Waals surface area contributed by atoms with Crippen LogP contribution in [0.3, 0.4) is 0 Å². The third kappa shape index (κ3) is 2.87. The summed E-state index contributed by atoms with van der Waals surface area (Å²) in [6.07, 6.45) is 9.86. The third-order valence-electron chi connectivity index (χ3n) is 3.21. The van der Waals surface area contributed by atoms with Crippen molar-refractivity contribution in [2.75, 3.05) is 11.0 Å². The highest BCUT2D eigenvalue weighted by atomic mass is 127. The molecular formula is C10H20IN. The molecule has 1 fully saturated rings. The Morgan fingerprint density at radius 3 is 2.25 bits per heavy atom. The number of nitrogens with two attached hydrogens (primary N) is 1. The molecule has 0 radical (unpaired) electrons. The Balaban J connectivity index is 2.44. The summed E-state index contributed by atoms with van der Waals surface area (Å²) in [5.74, 6) is 0. The lowest BCUT2D eigenvalue weighted by Gasteiger charge is -2.36. The van der Waals surface area contributed by atoms with Crippen LogP contribution in [0.15, 0.2) is 0 Å². The van der Waals surface area contributed by atoms with Crippen molar-refractivity contribution in [2.24, 2.45) is 11.1 Å². The smallest absolute Gasteiger partial charge is 0.0000564 e. The predicted octanol–water partition coefficient (Wildman–Crippen LogP) is 3.11. The summed E-state index contributed by atoms with van der Waals surface area (Å²) in [6, 6.07) is 0. The highest BCUT2D eigenvalue weighted by Gasteiger charge is 2.29. The van der Waals surface area contributed by atoms with Crippen molar-refractivity contribution >= 4 is 22.6 Å². The van der Waals surface area contributed by atoms with Crippen LogP contribution in [-0.4, -0.2) is 11.0 Å². The lowest BCUT2D eigenvalue weighted by Crippen LogP contribution is -2.27. The maximum Gasteiger partial charge on any atom is 0.0000564 e. The topological polar surface area (TPSA) is 26.0 Å². The molecular weight excluding hydrogens is 261 g/mol. The van der Waals surface area contributed by atoms with Gasteiger partial charge < -0.3 is 5.73 Å². The van der Waals surface area contributed by atoms with E-state index < -0.39 is 0 Å². The standard InChI is InChI=1S/C10H20IN/c11-8-6-10(7-9-12)4-2-1-3-5-10/h1-9,12H2. The Morgan fingerprint density at radius 1 is 1.08 bits per heavy atom. The van der Waals surface area contributed by atoms with Gasteiger partial charge in [0.1, 0.15) is 0 Å². The van der Waals surface area contributed by atoms with Crippen LogP contribution in [0, 0.1) is 5.41 Å². The number of hydrogen-bond acceptors (Lipinski definition) is 1. The summed E-state index contributed by atoms with van der Waals surface area (Å²) >= 11 is 2.50. The molecule has 0 spiro atoms. The fraction of sp³-hybridized carbons (Fsp3) is 1.00. The Morgan fingerprint density at radius 2 is 1.75 bits per heavy atom. The van der Waals surface area contributed by atoms with Crippen LogP contribution in [-0.2, 0) is 0 Å². The minimum Gasteiger partial charge on any atom is -0.330 e. The molecule has 0 saturated heterocycles. The van der Waals surface area contributed by atoms with Crippen LogP contribution in [0.25, 0.3) is 0 Å². The van der Waals surface area contributed by atoms with Crippen LogP contribution in [0.1, 0.15) is 44.9 Å². The second-order valence-corrected chi connectivity index (χ2v) is 5.12. The van der Waals surface area contributed by atoms with Crippen LogP contribution in [0.2, 0.25) is 0 Å². The van der Waals surface area contributed by atoms with Gasteiger partial charge in [0.2, 0.25) is 0 Å². The molecule has 0 amide bonds. The SMILES string of the molecule is NCCC1(CCI)CCCCC1. The molecule has 72 valence electrons. The average Bonchev–Trinajstić information content (AvgIpc) is 2.07. The fourth-order valence-corrected chi connectivity index (χ4v) is 3.58. The number of hydrogen-bond donors (Lipinski definition) is 1. The zero-order chi connectivity index (χ0) is 8.86. The maximum absolute atomic E-state index is 5.67. The molecule has 1 aliphatic rings. The minimum absolute atomic E-state index is 0.647. The molecule has 0 aromatic heterocycles. The van der Waals surface area contributed by atoms with Crippen LogP contribution >= 0.6 is 22.6 Å². The first kappa shape index (κ1) is 10.8. The van der Waals surface area contributed by atoms with Crippen molar-refractivity contribution in [1.29, 1.82) is 0 Å². The van der Waals surface area contributed by atoms with E-state index in [-0.39, 0.29) is 0 Å². The molecule has 0 heterocycles. The Bertz CT molecular complexity index is 103. The van der Waals surface area contributed by atoms with Crippen molar-refractivity contribution in [3.8, 4) is 0 Å². The Kier molecular flexibility index (Phi) is 4.87. The summed E-state index contributed by atoms with van der Waals surface area (Å²) < 4.78 is 1.30. The van der Waals surface area contributed by atoms with E-state index in [4.69, 9.17) is 5.73 Å². The highest BCUT2D eigenvalue weighted by Crippen LogP contribution is 2.42. The summed E-state index contributed by atoms with van der Waals surface area (Å²) in [5, 5.41) is 0. The lowest BCUT2D eigenvalue weighted by molar-refractivity contribution is 0.171. The van der Waals surface area contributed by atoms with Crippen LogP contribution in [0.4, 0.5) is 0 Å². The zero-order valence-electron chi connectivity index (χ0n) is 7.82. The summed E-state index contributed by atoms with van der Waals surface area (Å²) in [6.45, 7) is 0.886. The molecule has 0 atom stereocenters. The molecule has 0 aromatic carbocycles. The number of alkyl halides is 1. The van der Waals surface area contributed by atoms with Crippen molar-refractivity contribution in [2.45, 2.75) is 44.9 Å².